The van der Waals surface area contributed by atoms with Crippen LogP contribution < -0.4 is 0 Å². The molecule has 1 aliphatic rings. The normalized spacial score (nSPS) is 22.7. The topological polar surface area (TPSA) is 116 Å². The molecule has 10 heteroatoms. The van der Waals surface area contributed by atoms with Gasteiger partial charge in [-0.25, -0.2) is 4.79 Å². The Hall–Kier alpha value is -3.67. The van der Waals surface area contributed by atoms with Crippen molar-refractivity contribution in [3.8, 4) is 0 Å². The first-order valence-corrected chi connectivity index (χ1v) is 14.7. The van der Waals surface area contributed by atoms with Crippen LogP contribution in [0.1, 0.15) is 44.4 Å². The highest BCUT2D eigenvalue weighted by Gasteiger charge is 2.55. The maximum absolute atomic E-state index is 12.8. The third kappa shape index (κ3) is 9.93. The molecule has 10 nitrogen and oxygen atoms in total. The number of rotatable bonds is 14. The van der Waals surface area contributed by atoms with E-state index in [0.717, 1.165) is 16.7 Å². The molecule has 0 amide bonds. The van der Waals surface area contributed by atoms with Gasteiger partial charge in [0.2, 0.25) is 6.29 Å². The SMILES string of the molecule is C[C@@H](O[C@H]1O[C@H](COCc2ccccc2)[C@@H](OCc2ccccc2)[C@H](OCc2ccccc2)[C@H]1[N+](=O)[O-])C(=O)OC(C)(C)C. The summed E-state index contributed by atoms with van der Waals surface area (Å²) in [7, 11) is 0. The van der Waals surface area contributed by atoms with E-state index in [4.69, 9.17) is 28.4 Å². The van der Waals surface area contributed by atoms with Gasteiger partial charge in [-0.05, 0) is 44.4 Å². The first-order valence-electron chi connectivity index (χ1n) is 14.7. The molecule has 0 unspecified atom stereocenters. The highest BCUT2D eigenvalue weighted by Crippen LogP contribution is 2.31. The second kappa shape index (κ2) is 15.9. The summed E-state index contributed by atoms with van der Waals surface area (Å²) in [5, 5.41) is 12.7. The van der Waals surface area contributed by atoms with Gasteiger partial charge in [-0.3, -0.25) is 10.1 Å². The molecule has 6 atom stereocenters. The number of carbonyl (C=O) groups excluding carboxylic acids is 1. The number of hydrogen-bond donors (Lipinski definition) is 0. The average Bonchev–Trinajstić information content (AvgIpc) is 3.00. The van der Waals surface area contributed by atoms with E-state index in [1.807, 2.05) is 91.0 Å². The van der Waals surface area contributed by atoms with E-state index < -0.39 is 53.2 Å². The molecule has 44 heavy (non-hydrogen) atoms. The minimum absolute atomic E-state index is 0.0324. The Balaban J connectivity index is 1.62. The molecule has 1 heterocycles. The molecule has 0 spiro atoms. The summed E-state index contributed by atoms with van der Waals surface area (Å²) in [5.41, 5.74) is 1.90. The fourth-order valence-electron chi connectivity index (χ4n) is 4.79. The summed E-state index contributed by atoms with van der Waals surface area (Å²) >= 11 is 0. The maximum atomic E-state index is 12.8. The monoisotopic (exact) mass is 607 g/mol. The smallest absolute Gasteiger partial charge is 0.335 e. The first-order chi connectivity index (χ1) is 21.1. The van der Waals surface area contributed by atoms with Crippen LogP contribution >= 0.6 is 0 Å². The lowest BCUT2D eigenvalue weighted by Gasteiger charge is -2.42. The first kappa shape index (κ1) is 33.2. The van der Waals surface area contributed by atoms with Gasteiger partial charge in [0.05, 0.1) is 26.4 Å². The predicted molar refractivity (Wildman–Crippen MR) is 162 cm³/mol. The van der Waals surface area contributed by atoms with Crippen molar-refractivity contribution < 1.29 is 38.1 Å². The highest BCUT2D eigenvalue weighted by molar-refractivity contribution is 5.74. The van der Waals surface area contributed by atoms with E-state index in [2.05, 4.69) is 0 Å². The van der Waals surface area contributed by atoms with Gasteiger partial charge in [-0.2, -0.15) is 0 Å². The van der Waals surface area contributed by atoms with Crippen LogP contribution in [0.15, 0.2) is 91.0 Å². The third-order valence-corrected chi connectivity index (χ3v) is 6.90. The molecular weight excluding hydrogens is 566 g/mol. The second-order valence-corrected chi connectivity index (χ2v) is 11.7. The molecule has 3 aromatic rings. The summed E-state index contributed by atoms with van der Waals surface area (Å²) in [6, 6.07) is 27.0. The Morgan fingerprint density at radius 1 is 0.818 bits per heavy atom. The van der Waals surface area contributed by atoms with E-state index in [-0.39, 0.29) is 19.8 Å². The summed E-state index contributed by atoms with van der Waals surface area (Å²) in [6.45, 7) is 7.26. The molecule has 3 aromatic carbocycles. The molecule has 0 N–H and O–H groups in total. The highest BCUT2D eigenvalue weighted by atomic mass is 16.7. The lowest BCUT2D eigenvalue weighted by atomic mass is 9.96. The number of benzene rings is 3. The van der Waals surface area contributed by atoms with Gasteiger partial charge >= 0.3 is 5.97 Å². The molecule has 0 aliphatic carbocycles. The van der Waals surface area contributed by atoms with Crippen molar-refractivity contribution in [1.82, 2.24) is 0 Å². The van der Waals surface area contributed by atoms with Crippen molar-refractivity contribution in [2.75, 3.05) is 6.61 Å². The summed E-state index contributed by atoms with van der Waals surface area (Å²) in [4.78, 5) is 24.9. The summed E-state index contributed by atoms with van der Waals surface area (Å²) in [6.07, 6.45) is -5.43. The number of nitro groups is 1. The van der Waals surface area contributed by atoms with E-state index in [1.165, 1.54) is 6.92 Å². The van der Waals surface area contributed by atoms with E-state index in [0.29, 0.717) is 6.61 Å². The molecule has 1 aliphatic heterocycles. The van der Waals surface area contributed by atoms with Crippen LogP contribution in [0.4, 0.5) is 0 Å². The number of ether oxygens (including phenoxy) is 6. The van der Waals surface area contributed by atoms with Crippen LogP contribution in [-0.2, 0) is 53.0 Å². The van der Waals surface area contributed by atoms with Crippen molar-refractivity contribution in [2.45, 2.75) is 89.9 Å². The van der Waals surface area contributed by atoms with E-state index >= 15 is 0 Å². The van der Waals surface area contributed by atoms with Gasteiger partial charge in [0.15, 0.2) is 12.2 Å². The summed E-state index contributed by atoms with van der Waals surface area (Å²) in [5.74, 6) is -0.663. The molecule has 0 radical (unpaired) electrons. The van der Waals surface area contributed by atoms with E-state index in [9.17, 15) is 14.9 Å². The van der Waals surface area contributed by atoms with Gasteiger partial charge < -0.3 is 28.4 Å². The standard InChI is InChI=1S/C34H41NO9/c1-24(32(36)44-34(2,3)4)42-33-29(35(37)38)31(41-22-27-18-12-7-13-19-27)30(40-21-26-16-10-6-11-17-26)28(43-33)23-39-20-25-14-8-5-9-15-25/h5-19,24,28-31,33H,20-23H2,1-4H3/t24-,28-,29-,30-,31-,33+/m1/s1. The van der Waals surface area contributed by atoms with Gasteiger partial charge in [-0.1, -0.05) is 91.0 Å². The summed E-state index contributed by atoms with van der Waals surface area (Å²) < 4.78 is 36.3. The average molecular weight is 608 g/mol. The maximum Gasteiger partial charge on any atom is 0.335 e. The lowest BCUT2D eigenvalue weighted by Crippen LogP contribution is -2.64. The van der Waals surface area contributed by atoms with Crippen LogP contribution in [0, 0.1) is 10.1 Å². The Kier molecular flexibility index (Phi) is 12.0. The van der Waals surface area contributed by atoms with Gasteiger partial charge in [0.25, 0.3) is 6.04 Å². The molecular formula is C34H41NO9. The molecule has 4 rings (SSSR count). The van der Waals surface area contributed by atoms with Crippen molar-refractivity contribution in [3.63, 3.8) is 0 Å². The molecule has 1 saturated heterocycles. The number of hydrogen-bond acceptors (Lipinski definition) is 9. The van der Waals surface area contributed by atoms with Crippen LogP contribution in [0.3, 0.4) is 0 Å². The Labute approximate surface area is 258 Å². The largest absolute Gasteiger partial charge is 0.458 e. The molecule has 236 valence electrons. The zero-order valence-corrected chi connectivity index (χ0v) is 25.6. The Morgan fingerprint density at radius 3 is 1.77 bits per heavy atom. The molecule has 0 saturated carbocycles. The van der Waals surface area contributed by atoms with Gasteiger partial charge in [0, 0.05) is 4.92 Å². The number of carbonyl (C=O) groups is 1. The van der Waals surface area contributed by atoms with Crippen LogP contribution in [-0.4, -0.2) is 59.8 Å². The Bertz CT molecular complexity index is 1300. The van der Waals surface area contributed by atoms with Crippen LogP contribution in [0.2, 0.25) is 0 Å². The molecule has 0 bridgehead atoms. The zero-order chi connectivity index (χ0) is 31.5. The zero-order valence-electron chi connectivity index (χ0n) is 25.6. The van der Waals surface area contributed by atoms with Crippen molar-refractivity contribution in [2.24, 2.45) is 0 Å². The van der Waals surface area contributed by atoms with Crippen molar-refractivity contribution in [1.29, 1.82) is 0 Å². The van der Waals surface area contributed by atoms with Crippen LogP contribution in [0.25, 0.3) is 0 Å². The predicted octanol–water partition coefficient (Wildman–Crippen LogP) is 5.49. The fourth-order valence-corrected chi connectivity index (χ4v) is 4.79. The van der Waals surface area contributed by atoms with E-state index in [1.54, 1.807) is 20.8 Å². The fraction of sp³-hybridized carbons (Fsp3) is 0.441. The Morgan fingerprint density at radius 2 is 1.30 bits per heavy atom. The van der Waals surface area contributed by atoms with Crippen molar-refractivity contribution in [3.05, 3.63) is 118 Å². The third-order valence-electron chi connectivity index (χ3n) is 6.90. The second-order valence-electron chi connectivity index (χ2n) is 11.7. The lowest BCUT2D eigenvalue weighted by molar-refractivity contribution is -0.577. The number of nitrogens with zero attached hydrogens (tertiary/aromatic N) is 1. The van der Waals surface area contributed by atoms with Crippen molar-refractivity contribution >= 4 is 5.97 Å². The quantitative estimate of drug-likeness (QED) is 0.133. The molecule has 0 aromatic heterocycles. The van der Waals surface area contributed by atoms with Crippen LogP contribution in [0.5, 0.6) is 0 Å². The van der Waals surface area contributed by atoms with Gasteiger partial charge in [0.1, 0.15) is 17.8 Å². The number of esters is 1. The van der Waals surface area contributed by atoms with Gasteiger partial charge in [-0.15, -0.1) is 0 Å². The minimum atomic E-state index is -1.52. The minimum Gasteiger partial charge on any atom is -0.458 e. The molecule has 1 fully saturated rings.